The molecule has 0 N–H and O–H groups in total. The molecule has 0 aromatic heterocycles. The van der Waals surface area contributed by atoms with E-state index < -0.39 is 0 Å². The van der Waals surface area contributed by atoms with E-state index in [4.69, 9.17) is 0 Å². The van der Waals surface area contributed by atoms with E-state index in [2.05, 4.69) is 44.8 Å². The molecule has 0 aliphatic heterocycles. The Hall–Kier alpha value is 0.270. The molecule has 0 spiro atoms. The van der Waals surface area contributed by atoms with Crippen molar-refractivity contribution in [3.8, 4) is 0 Å². The summed E-state index contributed by atoms with van der Waals surface area (Å²) in [5, 5.41) is 0. The van der Waals surface area contributed by atoms with Gasteiger partial charge in [-0.05, 0) is 25.7 Å². The first kappa shape index (κ1) is 30.9. The molecule has 0 rings (SSSR count). The van der Waals surface area contributed by atoms with Crippen LogP contribution in [0.4, 0.5) is 0 Å². The fourth-order valence-electron chi connectivity index (χ4n) is 0. The van der Waals surface area contributed by atoms with Crippen molar-refractivity contribution in [1.82, 2.24) is 0 Å². The Bertz CT molecular complexity index is 134. The van der Waals surface area contributed by atoms with Gasteiger partial charge in [-0.15, -0.1) is 12.6 Å². The van der Waals surface area contributed by atoms with Gasteiger partial charge in [-0.25, -0.2) is 9.81 Å². The molecule has 0 radical (unpaired) electrons. The van der Waals surface area contributed by atoms with Crippen LogP contribution in [-0.4, -0.2) is 0 Å². The Morgan fingerprint density at radius 3 is 0.833 bits per heavy atom. The molecule has 0 nitrogen and oxygen atoms in total. The lowest BCUT2D eigenvalue weighted by Gasteiger charge is -2.15. The number of rotatable bonds is 0. The van der Waals surface area contributed by atoms with Gasteiger partial charge < -0.3 is 32.2 Å². The maximum Gasteiger partial charge on any atom is -0.0229 e. The molecular formula is C15H33S3-3. The van der Waals surface area contributed by atoms with Gasteiger partial charge in [0.2, 0.25) is 0 Å². The molecule has 0 unspecified atom stereocenters. The standard InChI is InChI=1S/C5H10S.C4H8S2.2C2H6.C2H5/c1-4(2)5(3)6;1-3(5)4(2)6;3*1-2/h6H,1-3H3;5-6H,1-2H3;2*1-2H3;1H2,2H3/q;;;;-1/p-2/b;4-3-;;;. The quantitative estimate of drug-likeness (QED) is 0.310. The van der Waals surface area contributed by atoms with Gasteiger partial charge in [0.25, 0.3) is 0 Å². The van der Waals surface area contributed by atoms with E-state index in [1.54, 1.807) is 6.92 Å². The van der Waals surface area contributed by atoms with E-state index in [0.29, 0.717) is 0 Å². The van der Waals surface area contributed by atoms with Crippen LogP contribution in [0.3, 0.4) is 0 Å². The van der Waals surface area contributed by atoms with E-state index in [1.807, 2.05) is 62.3 Å². The lowest BCUT2D eigenvalue weighted by molar-refractivity contribution is 1.35. The number of hydrogen-bond donors (Lipinski definition) is 1. The lowest BCUT2D eigenvalue weighted by Crippen LogP contribution is -1.69. The van der Waals surface area contributed by atoms with Gasteiger partial charge in [-0.1, -0.05) is 47.1 Å². The highest BCUT2D eigenvalue weighted by Gasteiger charge is 1.76. The summed E-state index contributed by atoms with van der Waals surface area (Å²) in [6, 6.07) is 0. The average molecular weight is 310 g/mol. The minimum Gasteiger partial charge on any atom is -0.786 e. The number of thiol groups is 1. The third-order valence-electron chi connectivity index (χ3n) is 1.22. The topological polar surface area (TPSA) is 0 Å². The molecule has 0 amide bonds. The molecule has 3 heteroatoms. The van der Waals surface area contributed by atoms with Gasteiger partial charge in [-0.2, -0.15) is 6.92 Å². The molecule has 0 heterocycles. The lowest BCUT2D eigenvalue weighted by atomic mass is 10.3. The fraction of sp³-hybridized carbons (Fsp3) is 0.667. The normalized spacial score (nSPS) is 8.22. The number of allylic oxidation sites excluding steroid dienone is 4. The summed E-state index contributed by atoms with van der Waals surface area (Å²) in [6.45, 7) is 22.7. The van der Waals surface area contributed by atoms with Gasteiger partial charge in [0, 0.05) is 0 Å². The van der Waals surface area contributed by atoms with Gasteiger partial charge >= 0.3 is 0 Å². The molecule has 114 valence electrons. The van der Waals surface area contributed by atoms with Crippen molar-refractivity contribution < 1.29 is 0 Å². The van der Waals surface area contributed by atoms with E-state index in [-0.39, 0.29) is 0 Å². The predicted molar refractivity (Wildman–Crippen MR) is 99.9 cm³/mol. The summed E-state index contributed by atoms with van der Waals surface area (Å²) in [6.07, 6.45) is 0. The summed E-state index contributed by atoms with van der Waals surface area (Å²) in [5.41, 5.74) is 1.29. The van der Waals surface area contributed by atoms with Crippen LogP contribution < -0.4 is 0 Å². The van der Waals surface area contributed by atoms with Crippen molar-refractivity contribution in [2.75, 3.05) is 0 Å². The third kappa shape index (κ3) is 55.5. The Labute approximate surface area is 134 Å². The Morgan fingerprint density at radius 2 is 0.833 bits per heavy atom. The first-order valence-electron chi connectivity index (χ1n) is 6.34. The summed E-state index contributed by atoms with van der Waals surface area (Å²) < 4.78 is 0. The zero-order chi connectivity index (χ0) is 16.3. The summed E-state index contributed by atoms with van der Waals surface area (Å²) >= 11 is 13.4. The zero-order valence-corrected chi connectivity index (χ0v) is 16.5. The van der Waals surface area contributed by atoms with Crippen LogP contribution in [0.2, 0.25) is 0 Å². The van der Waals surface area contributed by atoms with Crippen LogP contribution in [-0.2, 0) is 25.3 Å². The molecule has 0 saturated heterocycles. The maximum atomic E-state index is 4.68. The molecule has 0 aromatic carbocycles. The molecular weight excluding hydrogens is 276 g/mol. The fourth-order valence-corrected chi connectivity index (χ4v) is 0. The van der Waals surface area contributed by atoms with Crippen molar-refractivity contribution in [2.45, 2.75) is 69.2 Å². The largest absolute Gasteiger partial charge is 0.786 e. The second kappa shape index (κ2) is 30.4. The zero-order valence-electron chi connectivity index (χ0n) is 14.0. The average Bonchev–Trinajstić information content (AvgIpc) is 2.37. The first-order valence-corrected chi connectivity index (χ1v) is 7.60. The molecule has 0 aliphatic carbocycles. The second-order valence-corrected chi connectivity index (χ2v) is 4.59. The van der Waals surface area contributed by atoms with Crippen LogP contribution >= 0.6 is 12.6 Å². The van der Waals surface area contributed by atoms with Crippen molar-refractivity contribution in [2.24, 2.45) is 0 Å². The first-order chi connectivity index (χ1) is 8.29. The van der Waals surface area contributed by atoms with Gasteiger partial charge in [0.15, 0.2) is 0 Å². The van der Waals surface area contributed by atoms with Crippen molar-refractivity contribution in [3.05, 3.63) is 27.2 Å². The Balaban J connectivity index is -0.0000000442. The van der Waals surface area contributed by atoms with Crippen molar-refractivity contribution in [3.63, 3.8) is 0 Å². The second-order valence-electron chi connectivity index (χ2n) is 2.70. The monoisotopic (exact) mass is 309 g/mol. The van der Waals surface area contributed by atoms with Crippen LogP contribution in [0.1, 0.15) is 69.2 Å². The summed E-state index contributed by atoms with van der Waals surface area (Å²) in [5.74, 6) is 0. The number of hydrogen-bond acceptors (Lipinski definition) is 3. The predicted octanol–water partition coefficient (Wildman–Crippen LogP) is 6.45. The van der Waals surface area contributed by atoms with Gasteiger partial charge in [0.1, 0.15) is 0 Å². The van der Waals surface area contributed by atoms with E-state index in [9.17, 15) is 0 Å². The summed E-state index contributed by atoms with van der Waals surface area (Å²) in [4.78, 5) is 2.77. The summed E-state index contributed by atoms with van der Waals surface area (Å²) in [7, 11) is 0. The van der Waals surface area contributed by atoms with E-state index >= 15 is 0 Å². The molecule has 0 bridgehead atoms. The van der Waals surface area contributed by atoms with Gasteiger partial charge in [0.05, 0.1) is 0 Å². The third-order valence-corrected chi connectivity index (χ3v) is 2.41. The van der Waals surface area contributed by atoms with Crippen LogP contribution in [0.5, 0.6) is 0 Å². The van der Waals surface area contributed by atoms with Crippen LogP contribution in [0.25, 0.3) is 0 Å². The van der Waals surface area contributed by atoms with Gasteiger partial charge in [-0.3, -0.25) is 0 Å². The molecule has 0 aliphatic rings. The highest BCUT2D eigenvalue weighted by Crippen LogP contribution is 2.03. The minimum absolute atomic E-state index is 0.824. The van der Waals surface area contributed by atoms with Crippen molar-refractivity contribution >= 4 is 37.9 Å². The SMILES string of the molecule is C/C([S-])=C(\C)[S-].CC.CC.CC(C)=C(C)S.[CH2-]C. The van der Waals surface area contributed by atoms with Crippen LogP contribution in [0, 0.1) is 6.92 Å². The maximum absolute atomic E-state index is 4.68. The van der Waals surface area contributed by atoms with Crippen molar-refractivity contribution in [1.29, 1.82) is 0 Å². The smallest absolute Gasteiger partial charge is 0.0229 e. The molecule has 0 aromatic rings. The van der Waals surface area contributed by atoms with E-state index in [1.165, 1.54) is 5.57 Å². The highest BCUT2D eigenvalue weighted by molar-refractivity contribution is 7.84. The van der Waals surface area contributed by atoms with Crippen LogP contribution in [0.15, 0.2) is 20.3 Å². The molecule has 0 fully saturated rings. The minimum atomic E-state index is 0.824. The Kier molecular flexibility index (Phi) is 52.2. The molecule has 0 atom stereocenters. The Morgan fingerprint density at radius 1 is 0.722 bits per heavy atom. The molecule has 18 heavy (non-hydrogen) atoms. The molecule has 0 saturated carbocycles. The highest BCUT2D eigenvalue weighted by atomic mass is 32.1. The van der Waals surface area contributed by atoms with E-state index in [0.717, 1.165) is 14.7 Å².